The molecule has 0 spiro atoms. The van der Waals surface area contributed by atoms with E-state index in [2.05, 4.69) is 23.1 Å². The Balaban J connectivity index is 1.76. The number of hydrogen-bond acceptors (Lipinski definition) is 11. The zero-order valence-electron chi connectivity index (χ0n) is 16.8. The molecule has 20 heteroatoms. The average Bonchev–Trinajstić information content (AvgIpc) is 2.91. The third kappa shape index (κ3) is 6.60. The predicted molar refractivity (Wildman–Crippen MR) is 111 cm³/mol. The quantitative estimate of drug-likeness (QED) is 0.176. The van der Waals surface area contributed by atoms with Crippen LogP contribution in [0.4, 0.5) is 4.39 Å². The lowest BCUT2D eigenvalue weighted by molar-refractivity contribution is -0.0224. The highest BCUT2D eigenvalue weighted by Crippen LogP contribution is 2.66. The number of ether oxygens (including phenoxy) is 1. The number of phosphoric ester groups is 1. The summed E-state index contributed by atoms with van der Waals surface area (Å²) in [4.78, 5) is 42.5. The van der Waals surface area contributed by atoms with E-state index in [0.29, 0.717) is 5.69 Å². The number of phosphoric acid groups is 3. The number of aliphatic hydroxyl groups excluding tert-OH is 2. The maximum absolute atomic E-state index is 14.3. The molecule has 3 unspecified atom stereocenters. The third-order valence-electron chi connectivity index (χ3n) is 4.42. The molecule has 0 bridgehead atoms. The fraction of sp³-hybridized carbons (Fsp3) is 0.429. The Morgan fingerprint density at radius 1 is 1.12 bits per heavy atom. The van der Waals surface area contributed by atoms with Crippen molar-refractivity contribution >= 4 is 46.7 Å². The van der Waals surface area contributed by atoms with Gasteiger partial charge in [0.15, 0.2) is 0 Å². The van der Waals surface area contributed by atoms with Gasteiger partial charge in [-0.3, -0.25) is 4.52 Å². The fourth-order valence-corrected chi connectivity index (χ4v) is 6.40. The van der Waals surface area contributed by atoms with Crippen LogP contribution in [0.3, 0.4) is 0 Å². The van der Waals surface area contributed by atoms with E-state index < -0.39 is 60.3 Å². The van der Waals surface area contributed by atoms with E-state index in [1.54, 1.807) is 6.92 Å². The number of rotatable bonds is 8. The van der Waals surface area contributed by atoms with Crippen molar-refractivity contribution in [2.75, 3.05) is 6.61 Å². The van der Waals surface area contributed by atoms with Crippen LogP contribution in [-0.2, 0) is 31.6 Å². The maximum atomic E-state index is 14.3. The van der Waals surface area contributed by atoms with E-state index in [1.165, 1.54) is 6.07 Å². The molecule has 2 aromatic heterocycles. The number of aliphatic hydroxyl groups is 2. The summed E-state index contributed by atoms with van der Waals surface area (Å²) in [6.45, 7) is 0.563. The van der Waals surface area contributed by atoms with Crippen molar-refractivity contribution in [3.8, 4) is 0 Å². The Bertz CT molecular complexity index is 1300. The Kier molecular flexibility index (Phi) is 7.96. The molecule has 0 aromatic carbocycles. The zero-order valence-corrected chi connectivity index (χ0v) is 20.3. The number of aromatic amines is 1. The smallest absolute Gasteiger partial charge is 0.387 e. The van der Waals surface area contributed by atoms with E-state index in [9.17, 15) is 33.2 Å². The molecule has 0 saturated carbocycles. The van der Waals surface area contributed by atoms with Gasteiger partial charge >= 0.3 is 23.5 Å². The number of halogens is 1. The van der Waals surface area contributed by atoms with E-state index in [4.69, 9.17) is 31.6 Å². The molecular formula is C14H18FN2O13P3S. The molecule has 1 aliphatic heterocycles. The second kappa shape index (κ2) is 9.81. The van der Waals surface area contributed by atoms with Gasteiger partial charge in [0.2, 0.25) is 0 Å². The summed E-state index contributed by atoms with van der Waals surface area (Å²) in [5.74, 6) is -0.646. The second-order valence-electron chi connectivity index (χ2n) is 7.02. The molecule has 34 heavy (non-hydrogen) atoms. The molecule has 1 saturated heterocycles. The number of nitrogens with one attached hydrogen (secondary N) is 1. The number of nitrogens with zero attached hydrogens (tertiary/aromatic N) is 1. The van der Waals surface area contributed by atoms with Gasteiger partial charge < -0.3 is 39.5 Å². The Labute approximate surface area is 194 Å². The number of pyridine rings is 2. The maximum Gasteiger partial charge on any atom is 0.490 e. The molecule has 6 atom stereocenters. The van der Waals surface area contributed by atoms with Crippen molar-refractivity contribution in [3.63, 3.8) is 0 Å². The molecule has 0 aliphatic carbocycles. The highest BCUT2D eigenvalue weighted by Gasteiger charge is 2.46. The minimum Gasteiger partial charge on any atom is -0.387 e. The van der Waals surface area contributed by atoms with E-state index >= 15 is 0 Å². The molecule has 15 nitrogen and oxygen atoms in total. The van der Waals surface area contributed by atoms with Crippen molar-refractivity contribution in [2.24, 2.45) is 0 Å². The lowest BCUT2D eigenvalue weighted by Gasteiger charge is -2.19. The number of aryl methyl sites for hydroxylation is 1. The summed E-state index contributed by atoms with van der Waals surface area (Å²) < 4.78 is 65.2. The summed E-state index contributed by atoms with van der Waals surface area (Å²) >= 11 is 5.20. The minimum atomic E-state index is -5.74. The highest BCUT2D eigenvalue weighted by molar-refractivity contribution is 7.71. The van der Waals surface area contributed by atoms with Crippen LogP contribution in [0, 0.1) is 17.4 Å². The minimum absolute atomic E-state index is 0.00483. The van der Waals surface area contributed by atoms with Crippen LogP contribution in [0.2, 0.25) is 0 Å². The van der Waals surface area contributed by atoms with Crippen LogP contribution in [-0.4, -0.2) is 64.7 Å². The molecule has 0 radical (unpaired) electrons. The van der Waals surface area contributed by atoms with Gasteiger partial charge in [0.1, 0.15) is 40.5 Å². The van der Waals surface area contributed by atoms with Gasteiger partial charge in [0.25, 0.3) is 0 Å². The zero-order chi connectivity index (χ0) is 25.6. The Hall–Kier alpha value is -1.00. The van der Waals surface area contributed by atoms with Crippen molar-refractivity contribution < 1.29 is 65.8 Å². The van der Waals surface area contributed by atoms with Crippen LogP contribution in [0.15, 0.2) is 12.1 Å². The van der Waals surface area contributed by atoms with Crippen molar-refractivity contribution in [1.82, 2.24) is 9.97 Å². The van der Waals surface area contributed by atoms with Crippen LogP contribution in [0.5, 0.6) is 0 Å². The first-order valence-corrected chi connectivity index (χ1v) is 13.9. The molecule has 3 heterocycles. The lowest BCUT2D eigenvalue weighted by atomic mass is 10.0. The molecule has 190 valence electrons. The standard InChI is InChI=1S/C14H18FN2O13P3S/c1-5-2-8(15)6-3-7(14(34)17-13(6)16-5)12-11(19)10(18)9(28-12)4-27-32(23,24)30-33(25,26)29-31(20,21)22/h2-3,9-12,18-19H,4H2,1H3,(H,23,24)(H,25,26)(H,16,17,34)(H2,20,21,22)/t9-,10+,11?,12+/m1/s1. The Morgan fingerprint density at radius 2 is 1.76 bits per heavy atom. The topological polar surface area (TPSA) is 238 Å². The fourth-order valence-electron chi connectivity index (χ4n) is 3.10. The number of H-pyrrole nitrogens is 1. The van der Waals surface area contributed by atoms with Crippen LogP contribution in [0.1, 0.15) is 17.4 Å². The summed E-state index contributed by atoms with van der Waals surface area (Å²) in [7, 11) is -16.8. The molecular weight excluding hydrogens is 548 g/mol. The van der Waals surface area contributed by atoms with Crippen molar-refractivity contribution in [3.05, 3.63) is 33.8 Å². The largest absolute Gasteiger partial charge is 0.490 e. The van der Waals surface area contributed by atoms with Gasteiger partial charge in [-0.05, 0) is 19.1 Å². The Morgan fingerprint density at radius 3 is 2.38 bits per heavy atom. The first-order chi connectivity index (χ1) is 15.5. The van der Waals surface area contributed by atoms with Crippen molar-refractivity contribution in [2.45, 2.75) is 31.3 Å². The molecule has 7 N–H and O–H groups in total. The normalized spacial score (nSPS) is 26.9. The molecule has 3 rings (SSSR count). The average molecular weight is 566 g/mol. The predicted octanol–water partition coefficient (Wildman–Crippen LogP) is 1.24. The number of aromatic nitrogens is 2. The van der Waals surface area contributed by atoms with E-state index in [-0.39, 0.29) is 21.2 Å². The van der Waals surface area contributed by atoms with Crippen LogP contribution in [0.25, 0.3) is 11.0 Å². The van der Waals surface area contributed by atoms with E-state index in [0.717, 1.165) is 6.07 Å². The third-order valence-corrected chi connectivity index (χ3v) is 8.56. The van der Waals surface area contributed by atoms with Crippen LogP contribution >= 0.6 is 35.7 Å². The summed E-state index contributed by atoms with van der Waals surface area (Å²) in [5, 5.41) is 20.6. The molecule has 1 aliphatic rings. The summed E-state index contributed by atoms with van der Waals surface area (Å²) in [5.41, 5.74) is 0.561. The van der Waals surface area contributed by atoms with Gasteiger partial charge in [0, 0.05) is 11.3 Å². The first-order valence-electron chi connectivity index (χ1n) is 8.98. The van der Waals surface area contributed by atoms with Gasteiger partial charge in [-0.2, -0.15) is 8.62 Å². The number of fused-ring (bicyclic) bond motifs is 1. The van der Waals surface area contributed by atoms with Crippen molar-refractivity contribution in [1.29, 1.82) is 0 Å². The number of hydrogen-bond donors (Lipinski definition) is 7. The lowest BCUT2D eigenvalue weighted by Crippen LogP contribution is -2.33. The SMILES string of the molecule is Cc1cc(F)c2cc([C@@H]3O[C@H](COP(=O)(O)OP(=O)(O)OP(=O)(O)O)[C@H](O)C3O)c(=S)[nH]c2n1. The highest BCUT2D eigenvalue weighted by atomic mass is 32.1. The summed E-state index contributed by atoms with van der Waals surface area (Å²) in [6, 6.07) is 2.41. The van der Waals surface area contributed by atoms with Gasteiger partial charge in [0.05, 0.1) is 12.0 Å². The van der Waals surface area contributed by atoms with Gasteiger partial charge in [-0.1, -0.05) is 12.2 Å². The van der Waals surface area contributed by atoms with Crippen LogP contribution < -0.4 is 0 Å². The monoisotopic (exact) mass is 566 g/mol. The molecule has 0 amide bonds. The second-order valence-corrected chi connectivity index (χ2v) is 11.9. The first kappa shape index (κ1) is 27.6. The van der Waals surface area contributed by atoms with Gasteiger partial charge in [-0.25, -0.2) is 23.1 Å². The summed E-state index contributed by atoms with van der Waals surface area (Å²) in [6.07, 6.45) is -6.26. The van der Waals surface area contributed by atoms with Gasteiger partial charge in [-0.15, -0.1) is 0 Å². The molecule has 2 aromatic rings. The molecule has 1 fully saturated rings. The van der Waals surface area contributed by atoms with E-state index in [1.807, 2.05) is 0 Å².